The predicted molar refractivity (Wildman–Crippen MR) is 64.3 cm³/mol. The second-order valence-corrected chi connectivity index (χ2v) is 4.63. The number of hydrogen-bond acceptors (Lipinski definition) is 3. The summed E-state index contributed by atoms with van der Waals surface area (Å²) < 4.78 is 0. The van der Waals surface area contributed by atoms with E-state index in [-0.39, 0.29) is 5.91 Å². The molecule has 88 valence electrons. The first kappa shape index (κ1) is 12.6. The molecule has 1 amide bonds. The van der Waals surface area contributed by atoms with Gasteiger partial charge in [0.05, 0.1) is 11.3 Å². The fourth-order valence-corrected chi connectivity index (χ4v) is 1.35. The summed E-state index contributed by atoms with van der Waals surface area (Å²) in [5.41, 5.74) is 7.42. The van der Waals surface area contributed by atoms with Crippen molar-refractivity contribution in [2.24, 2.45) is 5.73 Å². The summed E-state index contributed by atoms with van der Waals surface area (Å²) in [7, 11) is 0. The van der Waals surface area contributed by atoms with Crippen molar-refractivity contribution in [1.29, 1.82) is 0 Å². The number of hydrogen-bond donors (Lipinski definition) is 2. The highest BCUT2D eigenvalue weighted by Gasteiger charge is 2.20. The molecule has 1 rings (SSSR count). The van der Waals surface area contributed by atoms with Gasteiger partial charge >= 0.3 is 0 Å². The Bertz CT molecular complexity index is 399. The van der Waals surface area contributed by atoms with Gasteiger partial charge in [-0.1, -0.05) is 0 Å². The first-order chi connectivity index (χ1) is 7.35. The molecule has 0 aromatic carbocycles. The van der Waals surface area contributed by atoms with E-state index in [2.05, 4.69) is 10.3 Å². The smallest absolute Gasteiger partial charge is 0.253 e. The molecule has 0 fully saturated rings. The summed E-state index contributed by atoms with van der Waals surface area (Å²) in [5, 5.41) is 2.88. The molecule has 1 aromatic rings. The third-order valence-electron chi connectivity index (χ3n) is 2.43. The zero-order valence-electron chi connectivity index (χ0n) is 10.3. The number of aromatic nitrogens is 1. The topological polar surface area (TPSA) is 68.0 Å². The zero-order valence-corrected chi connectivity index (χ0v) is 10.3. The van der Waals surface area contributed by atoms with Crippen LogP contribution in [-0.4, -0.2) is 23.0 Å². The van der Waals surface area contributed by atoms with E-state index in [9.17, 15) is 4.79 Å². The van der Waals surface area contributed by atoms with Gasteiger partial charge in [-0.25, -0.2) is 0 Å². The molecule has 0 aliphatic carbocycles. The van der Waals surface area contributed by atoms with Gasteiger partial charge in [-0.2, -0.15) is 0 Å². The maximum Gasteiger partial charge on any atom is 0.253 e. The van der Waals surface area contributed by atoms with Gasteiger partial charge < -0.3 is 11.1 Å². The van der Waals surface area contributed by atoms with Crippen LogP contribution < -0.4 is 11.1 Å². The molecule has 3 N–H and O–H groups in total. The fourth-order valence-electron chi connectivity index (χ4n) is 1.35. The van der Waals surface area contributed by atoms with Gasteiger partial charge in [0.15, 0.2) is 0 Å². The van der Waals surface area contributed by atoms with Gasteiger partial charge in [-0.15, -0.1) is 0 Å². The Balaban J connectivity index is 2.89. The lowest BCUT2D eigenvalue weighted by Crippen LogP contribution is -2.49. The lowest BCUT2D eigenvalue weighted by atomic mass is 10.0. The molecule has 16 heavy (non-hydrogen) atoms. The Labute approximate surface area is 96.3 Å². The van der Waals surface area contributed by atoms with Crippen molar-refractivity contribution in [3.8, 4) is 0 Å². The van der Waals surface area contributed by atoms with E-state index >= 15 is 0 Å². The van der Waals surface area contributed by atoms with Crippen LogP contribution >= 0.6 is 0 Å². The summed E-state index contributed by atoms with van der Waals surface area (Å²) in [4.78, 5) is 16.2. The average molecular weight is 221 g/mol. The van der Waals surface area contributed by atoms with E-state index in [0.29, 0.717) is 12.1 Å². The van der Waals surface area contributed by atoms with Crippen LogP contribution in [0.3, 0.4) is 0 Å². The van der Waals surface area contributed by atoms with Gasteiger partial charge in [0.25, 0.3) is 5.91 Å². The Kier molecular flexibility index (Phi) is 3.65. The van der Waals surface area contributed by atoms with Crippen LogP contribution in [0.1, 0.15) is 35.6 Å². The number of nitrogens with one attached hydrogen (secondary N) is 1. The minimum absolute atomic E-state index is 0.125. The van der Waals surface area contributed by atoms with Crippen molar-refractivity contribution < 1.29 is 4.79 Å². The average Bonchev–Trinajstić information content (AvgIpc) is 2.16. The summed E-state index contributed by atoms with van der Waals surface area (Å²) in [5.74, 6) is -0.125. The Morgan fingerprint density at radius 1 is 1.44 bits per heavy atom. The molecule has 1 aromatic heterocycles. The molecule has 4 heteroatoms. The monoisotopic (exact) mass is 221 g/mol. The number of carbonyl (C=O) groups is 1. The third kappa shape index (κ3) is 3.03. The third-order valence-corrected chi connectivity index (χ3v) is 2.43. The predicted octanol–water partition coefficient (Wildman–Crippen LogP) is 1.17. The molecule has 0 unspecified atom stereocenters. The second kappa shape index (κ2) is 4.61. The number of carbonyl (C=O) groups excluding carboxylic acids is 1. The van der Waals surface area contributed by atoms with E-state index in [4.69, 9.17) is 5.73 Å². The van der Waals surface area contributed by atoms with Gasteiger partial charge in [0, 0.05) is 17.8 Å². The molecule has 0 aliphatic heterocycles. The quantitative estimate of drug-likeness (QED) is 0.805. The highest BCUT2D eigenvalue weighted by Crippen LogP contribution is 2.08. The van der Waals surface area contributed by atoms with E-state index < -0.39 is 5.54 Å². The van der Waals surface area contributed by atoms with E-state index in [1.54, 1.807) is 6.07 Å². The van der Waals surface area contributed by atoms with Crippen molar-refractivity contribution in [3.05, 3.63) is 29.1 Å². The number of aryl methyl sites for hydroxylation is 2. The van der Waals surface area contributed by atoms with Crippen molar-refractivity contribution in [2.75, 3.05) is 6.54 Å². The van der Waals surface area contributed by atoms with Crippen LogP contribution in [0.15, 0.2) is 12.1 Å². The van der Waals surface area contributed by atoms with Gasteiger partial charge in [-0.3, -0.25) is 9.78 Å². The van der Waals surface area contributed by atoms with Gasteiger partial charge in [0.1, 0.15) is 0 Å². The number of pyridine rings is 1. The van der Waals surface area contributed by atoms with Crippen LogP contribution in [-0.2, 0) is 0 Å². The molecule has 0 saturated heterocycles. The maximum absolute atomic E-state index is 11.9. The minimum Gasteiger partial charge on any atom is -0.346 e. The first-order valence-electron chi connectivity index (χ1n) is 5.32. The zero-order chi connectivity index (χ0) is 12.3. The molecular weight excluding hydrogens is 202 g/mol. The minimum atomic E-state index is -0.394. The molecule has 0 saturated carbocycles. The number of nitrogens with two attached hydrogens (primary N) is 1. The Morgan fingerprint density at radius 3 is 2.56 bits per heavy atom. The molecule has 0 aliphatic rings. The molecule has 0 spiro atoms. The number of amides is 1. The summed E-state index contributed by atoms with van der Waals surface area (Å²) in [6.07, 6.45) is 0. The molecule has 0 radical (unpaired) electrons. The van der Waals surface area contributed by atoms with Gasteiger partial charge in [-0.05, 0) is 39.8 Å². The number of nitrogens with zero attached hydrogens (tertiary/aromatic N) is 1. The molecular formula is C12H19N3O. The molecule has 4 nitrogen and oxygen atoms in total. The molecule has 1 heterocycles. The van der Waals surface area contributed by atoms with Crippen LogP contribution in [0.25, 0.3) is 0 Å². The standard InChI is InChI=1S/C12H19N3O/c1-8-5-6-10(9(2)14-8)11(16)15-12(3,4)7-13/h5-6H,7,13H2,1-4H3,(H,15,16). The van der Waals surface area contributed by atoms with E-state index in [0.717, 1.165) is 11.4 Å². The number of rotatable bonds is 3. The lowest BCUT2D eigenvalue weighted by Gasteiger charge is -2.24. The summed E-state index contributed by atoms with van der Waals surface area (Å²) in [6.45, 7) is 7.91. The van der Waals surface area contributed by atoms with Crippen LogP contribution in [0.5, 0.6) is 0 Å². The summed E-state index contributed by atoms with van der Waals surface area (Å²) in [6, 6.07) is 3.62. The first-order valence-corrected chi connectivity index (χ1v) is 5.32. The van der Waals surface area contributed by atoms with Crippen molar-refractivity contribution in [1.82, 2.24) is 10.3 Å². The van der Waals surface area contributed by atoms with Gasteiger partial charge in [0.2, 0.25) is 0 Å². The van der Waals surface area contributed by atoms with Crippen LogP contribution in [0.4, 0.5) is 0 Å². The lowest BCUT2D eigenvalue weighted by molar-refractivity contribution is 0.0914. The second-order valence-electron chi connectivity index (χ2n) is 4.63. The van der Waals surface area contributed by atoms with Crippen molar-refractivity contribution in [2.45, 2.75) is 33.2 Å². The Morgan fingerprint density at radius 2 is 2.06 bits per heavy atom. The van der Waals surface area contributed by atoms with E-state index in [1.165, 1.54) is 0 Å². The highest BCUT2D eigenvalue weighted by molar-refractivity contribution is 5.95. The highest BCUT2D eigenvalue weighted by atomic mass is 16.1. The Hall–Kier alpha value is -1.42. The fraction of sp³-hybridized carbons (Fsp3) is 0.500. The normalized spacial score (nSPS) is 11.3. The van der Waals surface area contributed by atoms with Crippen molar-refractivity contribution >= 4 is 5.91 Å². The SMILES string of the molecule is Cc1ccc(C(=O)NC(C)(C)CN)c(C)n1. The van der Waals surface area contributed by atoms with Crippen LogP contribution in [0.2, 0.25) is 0 Å². The van der Waals surface area contributed by atoms with E-state index in [1.807, 2.05) is 33.8 Å². The maximum atomic E-state index is 11.9. The largest absolute Gasteiger partial charge is 0.346 e. The molecule has 0 bridgehead atoms. The van der Waals surface area contributed by atoms with Crippen LogP contribution in [0, 0.1) is 13.8 Å². The molecule has 0 atom stereocenters. The summed E-state index contributed by atoms with van der Waals surface area (Å²) >= 11 is 0. The van der Waals surface area contributed by atoms with Crippen molar-refractivity contribution in [3.63, 3.8) is 0 Å².